The van der Waals surface area contributed by atoms with Crippen molar-refractivity contribution in [3.8, 4) is 0 Å². The highest BCUT2D eigenvalue weighted by Crippen LogP contribution is 2.27. The molecule has 0 radical (unpaired) electrons. The quantitative estimate of drug-likeness (QED) is 0.753. The Balaban J connectivity index is 2.24. The van der Waals surface area contributed by atoms with Gasteiger partial charge in [0.25, 0.3) is 5.56 Å². The second kappa shape index (κ2) is 5.54. The molecule has 0 unspecified atom stereocenters. The molecule has 0 aliphatic carbocycles. The number of nitrogens with one attached hydrogen (secondary N) is 1. The maximum Gasteiger partial charge on any atom is 0.263 e. The molecule has 0 bridgehead atoms. The topological polar surface area (TPSA) is 50.7 Å². The Labute approximate surface area is 131 Å². The molecule has 21 heavy (non-hydrogen) atoms. The third kappa shape index (κ3) is 2.45. The molecule has 3 aromatic rings. The summed E-state index contributed by atoms with van der Waals surface area (Å²) in [6.45, 7) is 4.56. The Hall–Kier alpha value is -1.79. The number of aryl methyl sites for hydroxylation is 2. The van der Waals surface area contributed by atoms with E-state index < -0.39 is 0 Å². The van der Waals surface area contributed by atoms with E-state index in [1.165, 1.54) is 4.88 Å². The molecule has 3 heterocycles. The van der Waals surface area contributed by atoms with Gasteiger partial charge in [0, 0.05) is 17.3 Å². The second-order valence-corrected chi connectivity index (χ2v) is 6.49. The fourth-order valence-corrected chi connectivity index (χ4v) is 3.98. The Kier molecular flexibility index (Phi) is 3.73. The molecule has 0 aromatic carbocycles. The van der Waals surface area contributed by atoms with Gasteiger partial charge in [-0.1, -0.05) is 13.0 Å². The highest BCUT2D eigenvalue weighted by molar-refractivity contribution is 7.71. The third-order valence-electron chi connectivity index (χ3n) is 3.55. The van der Waals surface area contributed by atoms with Crippen LogP contribution in [0.5, 0.6) is 0 Å². The average Bonchev–Trinajstić information content (AvgIpc) is 2.80. The van der Waals surface area contributed by atoms with Crippen LogP contribution in [0.25, 0.3) is 10.2 Å². The molecule has 0 aliphatic rings. The van der Waals surface area contributed by atoms with E-state index in [1.54, 1.807) is 28.3 Å². The number of pyridine rings is 1. The summed E-state index contributed by atoms with van der Waals surface area (Å²) in [5.74, 6) is 0. The van der Waals surface area contributed by atoms with Gasteiger partial charge in [0.2, 0.25) is 0 Å². The normalized spacial score (nSPS) is 11.1. The fourth-order valence-electron chi connectivity index (χ4n) is 2.53. The van der Waals surface area contributed by atoms with Crippen molar-refractivity contribution in [1.82, 2.24) is 14.5 Å². The van der Waals surface area contributed by atoms with Gasteiger partial charge >= 0.3 is 0 Å². The van der Waals surface area contributed by atoms with Crippen molar-refractivity contribution >= 4 is 33.8 Å². The maximum atomic E-state index is 12.8. The monoisotopic (exact) mass is 317 g/mol. The maximum absolute atomic E-state index is 12.8. The predicted molar refractivity (Wildman–Crippen MR) is 88.7 cm³/mol. The number of hydrogen-bond donors (Lipinski definition) is 1. The standard InChI is InChI=1S/C15H15N3OS2/c1-3-11-9(2)21-13-12(11)14(19)18(15(20)17-13)8-10-5-4-6-16-7-10/h4-7H,3,8H2,1-2H3,(H,17,20). The molecule has 0 saturated carbocycles. The SMILES string of the molecule is CCc1c(C)sc2[nH]c(=S)n(Cc3cccnc3)c(=O)c12. The zero-order valence-electron chi connectivity index (χ0n) is 11.8. The van der Waals surface area contributed by atoms with Gasteiger partial charge in [0.15, 0.2) is 4.77 Å². The van der Waals surface area contributed by atoms with Crippen LogP contribution in [0.15, 0.2) is 29.3 Å². The van der Waals surface area contributed by atoms with Crippen LogP contribution < -0.4 is 5.56 Å². The van der Waals surface area contributed by atoms with Gasteiger partial charge < -0.3 is 4.98 Å². The highest BCUT2D eigenvalue weighted by atomic mass is 32.1. The van der Waals surface area contributed by atoms with Crippen LogP contribution in [0.3, 0.4) is 0 Å². The first kappa shape index (κ1) is 14.2. The molecular formula is C15H15N3OS2. The highest BCUT2D eigenvalue weighted by Gasteiger charge is 2.14. The molecule has 0 saturated heterocycles. The zero-order chi connectivity index (χ0) is 15.0. The van der Waals surface area contributed by atoms with Gasteiger partial charge in [-0.25, -0.2) is 0 Å². The molecule has 1 N–H and O–H groups in total. The molecule has 108 valence electrons. The molecule has 0 atom stereocenters. The number of thiophene rings is 1. The number of nitrogens with zero attached hydrogens (tertiary/aromatic N) is 2. The van der Waals surface area contributed by atoms with Crippen molar-refractivity contribution in [1.29, 1.82) is 0 Å². The Morgan fingerprint density at radius 2 is 2.29 bits per heavy atom. The summed E-state index contributed by atoms with van der Waals surface area (Å²) in [4.78, 5) is 22.1. The van der Waals surface area contributed by atoms with Gasteiger partial charge in [0.05, 0.1) is 11.9 Å². The lowest BCUT2D eigenvalue weighted by Gasteiger charge is -2.07. The van der Waals surface area contributed by atoms with Gasteiger partial charge in [-0.15, -0.1) is 11.3 Å². The number of aromatic nitrogens is 3. The van der Waals surface area contributed by atoms with Crippen molar-refractivity contribution < 1.29 is 0 Å². The fraction of sp³-hybridized carbons (Fsp3) is 0.267. The van der Waals surface area contributed by atoms with E-state index in [1.807, 2.05) is 19.1 Å². The molecule has 0 aliphatic heterocycles. The largest absolute Gasteiger partial charge is 0.323 e. The van der Waals surface area contributed by atoms with Crippen LogP contribution in [-0.2, 0) is 13.0 Å². The van der Waals surface area contributed by atoms with E-state index in [-0.39, 0.29) is 5.56 Å². The lowest BCUT2D eigenvalue weighted by Crippen LogP contribution is -2.23. The summed E-state index contributed by atoms with van der Waals surface area (Å²) in [6, 6.07) is 3.80. The minimum atomic E-state index is -0.0150. The predicted octanol–water partition coefficient (Wildman–Crippen LogP) is 3.43. The van der Waals surface area contributed by atoms with Crippen LogP contribution in [0.1, 0.15) is 22.9 Å². The number of hydrogen-bond acceptors (Lipinski definition) is 4. The van der Waals surface area contributed by atoms with Crippen molar-refractivity contribution in [2.24, 2.45) is 0 Å². The summed E-state index contributed by atoms with van der Waals surface area (Å²) >= 11 is 6.95. The van der Waals surface area contributed by atoms with Crippen molar-refractivity contribution in [2.45, 2.75) is 26.8 Å². The first-order valence-electron chi connectivity index (χ1n) is 6.75. The summed E-state index contributed by atoms with van der Waals surface area (Å²) < 4.78 is 2.07. The molecule has 0 spiro atoms. The molecule has 4 nitrogen and oxygen atoms in total. The van der Waals surface area contributed by atoms with Crippen LogP contribution >= 0.6 is 23.6 Å². The molecule has 0 fully saturated rings. The van der Waals surface area contributed by atoms with Crippen molar-refractivity contribution in [3.05, 3.63) is 55.7 Å². The van der Waals surface area contributed by atoms with E-state index >= 15 is 0 Å². The molecule has 3 aromatic heterocycles. The van der Waals surface area contributed by atoms with E-state index in [0.717, 1.165) is 27.8 Å². The summed E-state index contributed by atoms with van der Waals surface area (Å²) in [5.41, 5.74) is 2.06. The van der Waals surface area contributed by atoms with Crippen molar-refractivity contribution in [2.75, 3.05) is 0 Å². The summed E-state index contributed by atoms with van der Waals surface area (Å²) in [7, 11) is 0. The second-order valence-electron chi connectivity index (χ2n) is 4.88. The Morgan fingerprint density at radius 1 is 1.48 bits per heavy atom. The minimum Gasteiger partial charge on any atom is -0.323 e. The minimum absolute atomic E-state index is 0.0150. The number of H-pyrrole nitrogens is 1. The summed E-state index contributed by atoms with van der Waals surface area (Å²) in [5, 5.41) is 0.775. The molecule has 3 rings (SSSR count). The van der Waals surface area contributed by atoms with Gasteiger partial charge in [-0.2, -0.15) is 0 Å². The van der Waals surface area contributed by atoms with Gasteiger partial charge in [-0.05, 0) is 42.8 Å². The van der Waals surface area contributed by atoms with Crippen LogP contribution in [0.4, 0.5) is 0 Å². The molecule has 0 amide bonds. The van der Waals surface area contributed by atoms with E-state index in [9.17, 15) is 4.79 Å². The van der Waals surface area contributed by atoms with Gasteiger partial charge in [0.1, 0.15) is 4.83 Å². The van der Waals surface area contributed by atoms with E-state index in [0.29, 0.717) is 11.3 Å². The molecule has 6 heteroatoms. The lowest BCUT2D eigenvalue weighted by molar-refractivity contribution is 0.732. The van der Waals surface area contributed by atoms with E-state index in [2.05, 4.69) is 16.9 Å². The summed E-state index contributed by atoms with van der Waals surface area (Å²) in [6.07, 6.45) is 4.32. The first-order chi connectivity index (χ1) is 10.1. The molecular weight excluding hydrogens is 302 g/mol. The lowest BCUT2D eigenvalue weighted by atomic mass is 10.1. The number of aromatic amines is 1. The average molecular weight is 317 g/mol. The van der Waals surface area contributed by atoms with Crippen LogP contribution in [-0.4, -0.2) is 14.5 Å². The van der Waals surface area contributed by atoms with E-state index in [4.69, 9.17) is 12.2 Å². The van der Waals surface area contributed by atoms with Gasteiger partial charge in [-0.3, -0.25) is 14.3 Å². The number of fused-ring (bicyclic) bond motifs is 1. The number of rotatable bonds is 3. The van der Waals surface area contributed by atoms with Crippen LogP contribution in [0, 0.1) is 11.7 Å². The zero-order valence-corrected chi connectivity index (χ0v) is 13.5. The Bertz CT molecular complexity index is 906. The van der Waals surface area contributed by atoms with Crippen molar-refractivity contribution in [3.63, 3.8) is 0 Å². The van der Waals surface area contributed by atoms with Crippen LogP contribution in [0.2, 0.25) is 0 Å². The first-order valence-corrected chi connectivity index (χ1v) is 7.98. The third-order valence-corrected chi connectivity index (χ3v) is 4.94. The Morgan fingerprint density at radius 3 is 2.95 bits per heavy atom. The smallest absolute Gasteiger partial charge is 0.263 e.